The Hall–Kier alpha value is -1.93. The molecule has 0 bridgehead atoms. The van der Waals surface area contributed by atoms with Crippen molar-refractivity contribution < 1.29 is 14.1 Å². The van der Waals surface area contributed by atoms with Crippen LogP contribution in [0.2, 0.25) is 0 Å². The number of hydrogen-bond acceptors (Lipinski definition) is 6. The average Bonchev–Trinajstić information content (AvgIpc) is 2.90. The molecule has 0 N–H and O–H groups in total. The zero-order valence-electron chi connectivity index (χ0n) is 9.73. The molecule has 0 spiro atoms. The van der Waals surface area contributed by atoms with Crippen molar-refractivity contribution in [3.05, 3.63) is 30.1 Å². The van der Waals surface area contributed by atoms with Gasteiger partial charge in [-0.1, -0.05) is 0 Å². The van der Waals surface area contributed by atoms with Gasteiger partial charge in [-0.25, -0.2) is 9.48 Å². The van der Waals surface area contributed by atoms with Gasteiger partial charge in [0.15, 0.2) is 4.90 Å². The maximum Gasteiger partial charge on any atom is 0.343 e. The molecule has 0 aliphatic heterocycles. The van der Waals surface area contributed by atoms with Crippen molar-refractivity contribution >= 4 is 17.1 Å². The van der Waals surface area contributed by atoms with Gasteiger partial charge in [-0.3, -0.25) is 0 Å². The molecule has 0 saturated heterocycles. The van der Waals surface area contributed by atoms with E-state index in [4.69, 9.17) is 0 Å². The van der Waals surface area contributed by atoms with Crippen molar-refractivity contribution in [2.24, 2.45) is 0 Å². The molecule has 1 unspecified atom stereocenters. The molecule has 0 radical (unpaired) electrons. The van der Waals surface area contributed by atoms with Gasteiger partial charge in [-0.05, 0) is 39.8 Å². The molecule has 94 valence electrons. The minimum Gasteiger partial charge on any atom is -0.612 e. The highest BCUT2D eigenvalue weighted by molar-refractivity contribution is 7.90. The van der Waals surface area contributed by atoms with Crippen molar-refractivity contribution in [3.8, 4) is 5.69 Å². The quantitative estimate of drug-likeness (QED) is 0.581. The number of benzene rings is 1. The SMILES string of the molecule is COC(=O)c1cc(-n2cnnn2)ccc1[S+](C)[O-]. The van der Waals surface area contributed by atoms with Gasteiger partial charge in [0.1, 0.15) is 18.1 Å². The van der Waals surface area contributed by atoms with Gasteiger partial charge < -0.3 is 9.29 Å². The van der Waals surface area contributed by atoms with Crippen LogP contribution in [0.4, 0.5) is 0 Å². The van der Waals surface area contributed by atoms with E-state index in [0.717, 1.165) is 0 Å². The first kappa shape index (κ1) is 12.5. The Morgan fingerprint density at radius 3 is 2.83 bits per heavy atom. The summed E-state index contributed by atoms with van der Waals surface area (Å²) in [6.45, 7) is 0. The van der Waals surface area contributed by atoms with E-state index in [0.29, 0.717) is 10.6 Å². The number of carbonyl (C=O) groups is 1. The Labute approximate surface area is 106 Å². The first-order chi connectivity index (χ1) is 8.63. The Morgan fingerprint density at radius 1 is 1.50 bits per heavy atom. The summed E-state index contributed by atoms with van der Waals surface area (Å²) >= 11 is -1.28. The van der Waals surface area contributed by atoms with E-state index in [1.54, 1.807) is 18.2 Å². The first-order valence-electron chi connectivity index (χ1n) is 4.92. The van der Waals surface area contributed by atoms with E-state index in [2.05, 4.69) is 20.3 Å². The molecule has 0 aliphatic rings. The fourth-order valence-corrected chi connectivity index (χ4v) is 2.17. The van der Waals surface area contributed by atoms with E-state index < -0.39 is 17.1 Å². The van der Waals surface area contributed by atoms with Crippen LogP contribution in [0.15, 0.2) is 29.4 Å². The number of hydrogen-bond donors (Lipinski definition) is 0. The largest absolute Gasteiger partial charge is 0.612 e. The van der Waals surface area contributed by atoms with Crippen LogP contribution in [0.1, 0.15) is 10.4 Å². The summed E-state index contributed by atoms with van der Waals surface area (Å²) in [5, 5.41) is 10.7. The number of methoxy groups -OCH3 is 1. The molecular formula is C10H10N4O3S. The number of nitrogens with zero attached hydrogens (tertiary/aromatic N) is 4. The Kier molecular flexibility index (Phi) is 3.58. The number of carbonyl (C=O) groups excluding carboxylic acids is 1. The summed E-state index contributed by atoms with van der Waals surface area (Å²) in [6.07, 6.45) is 2.90. The van der Waals surface area contributed by atoms with Crippen LogP contribution in [0.3, 0.4) is 0 Å². The van der Waals surface area contributed by atoms with E-state index in [1.807, 2.05) is 0 Å². The normalized spacial score (nSPS) is 12.2. The minimum atomic E-state index is -1.28. The molecule has 2 aromatic rings. The van der Waals surface area contributed by atoms with Crippen LogP contribution in [0, 0.1) is 0 Å². The summed E-state index contributed by atoms with van der Waals surface area (Å²) < 4.78 is 17.6. The van der Waals surface area contributed by atoms with Crippen molar-refractivity contribution in [3.63, 3.8) is 0 Å². The third-order valence-corrected chi connectivity index (χ3v) is 3.27. The third-order valence-electron chi connectivity index (χ3n) is 2.29. The van der Waals surface area contributed by atoms with Gasteiger partial charge in [0.2, 0.25) is 0 Å². The maximum atomic E-state index is 11.6. The molecule has 0 aliphatic carbocycles. The highest BCUT2D eigenvalue weighted by Gasteiger charge is 2.20. The summed E-state index contributed by atoms with van der Waals surface area (Å²) in [4.78, 5) is 12.1. The van der Waals surface area contributed by atoms with Crippen molar-refractivity contribution in [1.29, 1.82) is 0 Å². The van der Waals surface area contributed by atoms with Crippen LogP contribution < -0.4 is 0 Å². The zero-order valence-corrected chi connectivity index (χ0v) is 10.5. The fraction of sp³-hybridized carbons (Fsp3) is 0.200. The summed E-state index contributed by atoms with van der Waals surface area (Å²) in [7, 11) is 1.27. The van der Waals surface area contributed by atoms with Crippen molar-refractivity contribution in [2.45, 2.75) is 4.90 Å². The zero-order chi connectivity index (χ0) is 13.1. The van der Waals surface area contributed by atoms with Crippen LogP contribution >= 0.6 is 0 Å². The summed E-state index contributed by atoms with van der Waals surface area (Å²) in [5.74, 6) is -0.546. The fourth-order valence-electron chi connectivity index (χ4n) is 1.46. The molecule has 18 heavy (non-hydrogen) atoms. The van der Waals surface area contributed by atoms with Gasteiger partial charge in [0, 0.05) is 0 Å². The number of esters is 1. The monoisotopic (exact) mass is 266 g/mol. The second kappa shape index (κ2) is 5.15. The number of rotatable bonds is 3. The van der Waals surface area contributed by atoms with Gasteiger partial charge in [0.05, 0.1) is 12.8 Å². The Morgan fingerprint density at radius 2 is 2.28 bits per heavy atom. The van der Waals surface area contributed by atoms with Gasteiger partial charge in [-0.2, -0.15) is 0 Å². The number of aromatic nitrogens is 4. The lowest BCUT2D eigenvalue weighted by Crippen LogP contribution is -2.11. The van der Waals surface area contributed by atoms with Gasteiger partial charge in [0.25, 0.3) is 0 Å². The van der Waals surface area contributed by atoms with E-state index in [1.165, 1.54) is 24.4 Å². The van der Waals surface area contributed by atoms with E-state index in [-0.39, 0.29) is 5.56 Å². The summed E-state index contributed by atoms with van der Waals surface area (Å²) in [6, 6.07) is 4.82. The second-order valence-corrected chi connectivity index (χ2v) is 4.73. The van der Waals surface area contributed by atoms with Crippen molar-refractivity contribution in [2.75, 3.05) is 13.4 Å². The Balaban J connectivity index is 2.52. The molecule has 7 nitrogen and oxygen atoms in total. The lowest BCUT2D eigenvalue weighted by molar-refractivity contribution is 0.0596. The molecule has 8 heteroatoms. The molecule has 0 amide bonds. The van der Waals surface area contributed by atoms with Gasteiger partial charge in [-0.15, -0.1) is 5.10 Å². The highest BCUT2D eigenvalue weighted by atomic mass is 32.2. The predicted molar refractivity (Wildman–Crippen MR) is 62.8 cm³/mol. The molecular weight excluding hydrogens is 256 g/mol. The number of tetrazole rings is 1. The topological polar surface area (TPSA) is 93.0 Å². The third kappa shape index (κ3) is 2.34. The van der Waals surface area contributed by atoms with E-state index >= 15 is 0 Å². The average molecular weight is 266 g/mol. The number of ether oxygens (including phenoxy) is 1. The van der Waals surface area contributed by atoms with E-state index in [9.17, 15) is 9.35 Å². The van der Waals surface area contributed by atoms with Crippen molar-refractivity contribution in [1.82, 2.24) is 20.2 Å². The van der Waals surface area contributed by atoms with Crippen LogP contribution in [-0.2, 0) is 15.9 Å². The van der Waals surface area contributed by atoms with Crippen LogP contribution in [0.25, 0.3) is 5.69 Å². The molecule has 1 atom stereocenters. The summed E-state index contributed by atoms with van der Waals surface area (Å²) in [5.41, 5.74) is 0.834. The lowest BCUT2D eigenvalue weighted by atomic mass is 10.2. The second-order valence-electron chi connectivity index (χ2n) is 3.38. The lowest BCUT2D eigenvalue weighted by Gasteiger charge is -2.10. The molecule has 0 fully saturated rings. The standard InChI is InChI=1S/C10H10N4O3S/c1-17-10(15)8-5-7(14-6-11-12-13-14)3-4-9(8)18(2)16/h3-6H,1-2H3. The first-order valence-corrected chi connectivity index (χ1v) is 6.48. The van der Waals surface area contributed by atoms with Gasteiger partial charge >= 0.3 is 5.97 Å². The molecule has 1 heterocycles. The smallest absolute Gasteiger partial charge is 0.343 e. The predicted octanol–water partition coefficient (Wildman–Crippen LogP) is 0.186. The Bertz CT molecular complexity index is 556. The van der Waals surface area contributed by atoms with Crippen LogP contribution in [-0.4, -0.2) is 44.1 Å². The maximum absolute atomic E-state index is 11.6. The highest BCUT2D eigenvalue weighted by Crippen LogP contribution is 2.20. The molecule has 2 rings (SSSR count). The molecule has 1 aromatic carbocycles. The van der Waals surface area contributed by atoms with Crippen LogP contribution in [0.5, 0.6) is 0 Å². The molecule has 0 saturated carbocycles. The minimum absolute atomic E-state index is 0.242. The molecule has 1 aromatic heterocycles.